The van der Waals surface area contributed by atoms with E-state index in [4.69, 9.17) is 0 Å². The number of carbonyl (C=O) groups excluding carboxylic acids is 1. The lowest BCUT2D eigenvalue weighted by Crippen LogP contribution is -2.20. The molecule has 0 bridgehead atoms. The van der Waals surface area contributed by atoms with Crippen LogP contribution in [0.4, 0.5) is 0 Å². The number of hydrogen-bond donors (Lipinski definition) is 0. The molecule has 0 atom stereocenters. The van der Waals surface area contributed by atoms with E-state index in [9.17, 15) is 4.79 Å². The molecule has 2 aromatic rings. The molecule has 38 heavy (non-hydrogen) atoms. The van der Waals surface area contributed by atoms with E-state index >= 15 is 0 Å². The second kappa shape index (κ2) is 12.5. The van der Waals surface area contributed by atoms with Crippen LogP contribution in [0, 0.1) is 0 Å². The molecule has 4 fully saturated rings. The standard InChI is InChI=1S/C35H48N2O/c38-35(31-17-15-27(25-36-19-7-8-20-36)23-33(31)29-11-3-1-4-12-29)32-18-16-28(26-37-21-9-10-22-37)24-34(32)30-13-5-2-6-14-30/h15-18,23-24,29-30H,1-14,19-22,25-26H2. The zero-order chi connectivity index (χ0) is 25.7. The molecular formula is C35H48N2O. The topological polar surface area (TPSA) is 23.6 Å². The Morgan fingerprint density at radius 3 is 1.34 bits per heavy atom. The van der Waals surface area contributed by atoms with Gasteiger partial charge in [-0.2, -0.15) is 0 Å². The van der Waals surface area contributed by atoms with Gasteiger partial charge < -0.3 is 0 Å². The summed E-state index contributed by atoms with van der Waals surface area (Å²) in [5, 5.41) is 0. The predicted molar refractivity (Wildman–Crippen MR) is 157 cm³/mol. The van der Waals surface area contributed by atoms with E-state index in [2.05, 4.69) is 46.2 Å². The van der Waals surface area contributed by atoms with Gasteiger partial charge >= 0.3 is 0 Å². The number of rotatable bonds is 8. The molecule has 3 heteroatoms. The summed E-state index contributed by atoms with van der Waals surface area (Å²) in [6, 6.07) is 13.8. The third-order valence-corrected chi connectivity index (χ3v) is 10.0. The SMILES string of the molecule is O=C(c1ccc(CN2CCCC2)cc1C1CCCCC1)c1ccc(CN2CCCC2)cc1C1CCCCC1. The number of hydrogen-bond acceptors (Lipinski definition) is 3. The van der Waals surface area contributed by atoms with Crippen LogP contribution in [0.25, 0.3) is 0 Å². The Labute approximate surface area is 231 Å². The van der Waals surface area contributed by atoms with Gasteiger partial charge in [0.2, 0.25) is 0 Å². The largest absolute Gasteiger partial charge is 0.299 e. The third kappa shape index (κ3) is 6.10. The van der Waals surface area contributed by atoms with Gasteiger partial charge in [0.15, 0.2) is 5.78 Å². The van der Waals surface area contributed by atoms with Gasteiger partial charge in [-0.05, 0) is 112 Å². The molecule has 2 aliphatic carbocycles. The van der Waals surface area contributed by atoms with Crippen LogP contribution in [0.2, 0.25) is 0 Å². The fourth-order valence-corrected chi connectivity index (χ4v) is 7.88. The fourth-order valence-electron chi connectivity index (χ4n) is 7.88. The fraction of sp³-hybridized carbons (Fsp3) is 0.629. The van der Waals surface area contributed by atoms with Crippen molar-refractivity contribution in [2.24, 2.45) is 0 Å². The summed E-state index contributed by atoms with van der Waals surface area (Å²) in [4.78, 5) is 19.6. The van der Waals surface area contributed by atoms with Crippen molar-refractivity contribution in [1.82, 2.24) is 9.80 Å². The maximum Gasteiger partial charge on any atom is 0.193 e. The highest BCUT2D eigenvalue weighted by Gasteiger charge is 2.27. The van der Waals surface area contributed by atoms with Crippen LogP contribution in [0.3, 0.4) is 0 Å². The minimum atomic E-state index is 0.284. The minimum absolute atomic E-state index is 0.284. The Hall–Kier alpha value is -1.97. The minimum Gasteiger partial charge on any atom is -0.299 e. The number of ketones is 1. The Kier molecular flexibility index (Phi) is 8.62. The van der Waals surface area contributed by atoms with Crippen LogP contribution in [-0.2, 0) is 13.1 Å². The molecule has 0 radical (unpaired) electrons. The summed E-state index contributed by atoms with van der Waals surface area (Å²) in [6.45, 7) is 6.93. The Morgan fingerprint density at radius 2 is 0.947 bits per heavy atom. The number of likely N-dealkylation sites (tertiary alicyclic amines) is 2. The van der Waals surface area contributed by atoms with Gasteiger partial charge in [0.1, 0.15) is 0 Å². The van der Waals surface area contributed by atoms with Crippen molar-refractivity contribution in [3.63, 3.8) is 0 Å². The summed E-state index contributed by atoms with van der Waals surface area (Å²) in [7, 11) is 0. The zero-order valence-corrected chi connectivity index (χ0v) is 23.6. The summed E-state index contributed by atoms with van der Waals surface area (Å²) >= 11 is 0. The van der Waals surface area contributed by atoms with E-state index in [0.717, 1.165) is 24.2 Å². The van der Waals surface area contributed by atoms with Crippen molar-refractivity contribution < 1.29 is 4.79 Å². The molecule has 3 nitrogen and oxygen atoms in total. The van der Waals surface area contributed by atoms with Crippen molar-refractivity contribution in [2.45, 2.75) is 115 Å². The molecule has 0 spiro atoms. The maximum absolute atomic E-state index is 14.5. The van der Waals surface area contributed by atoms with Gasteiger partial charge in [0, 0.05) is 24.2 Å². The monoisotopic (exact) mass is 512 g/mol. The Bertz CT molecular complexity index is 998. The third-order valence-electron chi connectivity index (χ3n) is 10.0. The molecule has 6 rings (SSSR count). The number of carbonyl (C=O) groups is 1. The van der Waals surface area contributed by atoms with Gasteiger partial charge in [-0.25, -0.2) is 0 Å². The van der Waals surface area contributed by atoms with Gasteiger partial charge in [0.25, 0.3) is 0 Å². The Morgan fingerprint density at radius 1 is 0.553 bits per heavy atom. The second-order valence-corrected chi connectivity index (χ2v) is 12.8. The molecule has 204 valence electrons. The van der Waals surface area contributed by atoms with Crippen molar-refractivity contribution in [2.75, 3.05) is 26.2 Å². The zero-order valence-electron chi connectivity index (χ0n) is 23.6. The van der Waals surface area contributed by atoms with E-state index in [-0.39, 0.29) is 5.78 Å². The van der Waals surface area contributed by atoms with Crippen LogP contribution in [0.5, 0.6) is 0 Å². The van der Waals surface area contributed by atoms with Crippen LogP contribution in [0.1, 0.15) is 140 Å². The average Bonchev–Trinajstić information content (AvgIpc) is 3.68. The van der Waals surface area contributed by atoms with E-state index in [1.54, 1.807) is 0 Å². The van der Waals surface area contributed by atoms with E-state index in [1.807, 2.05) is 0 Å². The molecule has 0 aromatic heterocycles. The highest BCUT2D eigenvalue weighted by molar-refractivity contribution is 6.11. The first kappa shape index (κ1) is 26.3. The first-order valence-electron chi connectivity index (χ1n) is 16.0. The van der Waals surface area contributed by atoms with Crippen molar-refractivity contribution in [1.29, 1.82) is 0 Å². The molecule has 2 heterocycles. The molecule has 0 unspecified atom stereocenters. The molecule has 2 saturated heterocycles. The van der Waals surface area contributed by atoms with Crippen LogP contribution in [0.15, 0.2) is 36.4 Å². The predicted octanol–water partition coefficient (Wildman–Crippen LogP) is 8.20. The van der Waals surface area contributed by atoms with Crippen molar-refractivity contribution in [3.8, 4) is 0 Å². The smallest absolute Gasteiger partial charge is 0.193 e. The molecule has 0 N–H and O–H groups in total. The number of nitrogens with zero attached hydrogens (tertiary/aromatic N) is 2. The highest BCUT2D eigenvalue weighted by atomic mass is 16.1. The summed E-state index contributed by atoms with van der Waals surface area (Å²) in [5.41, 5.74) is 7.48. The maximum atomic E-state index is 14.5. The highest BCUT2D eigenvalue weighted by Crippen LogP contribution is 2.39. The lowest BCUT2D eigenvalue weighted by atomic mass is 9.77. The summed E-state index contributed by atoms with van der Waals surface area (Å²) in [6.07, 6.45) is 18.1. The lowest BCUT2D eigenvalue weighted by Gasteiger charge is -2.27. The van der Waals surface area contributed by atoms with E-state index < -0.39 is 0 Å². The van der Waals surface area contributed by atoms with Gasteiger partial charge in [0.05, 0.1) is 0 Å². The van der Waals surface area contributed by atoms with Crippen LogP contribution >= 0.6 is 0 Å². The van der Waals surface area contributed by atoms with E-state index in [0.29, 0.717) is 11.8 Å². The van der Waals surface area contributed by atoms with Gasteiger partial charge in [-0.1, -0.05) is 74.9 Å². The Balaban J connectivity index is 1.33. The van der Waals surface area contributed by atoms with Crippen molar-refractivity contribution >= 4 is 5.78 Å². The lowest BCUT2D eigenvalue weighted by molar-refractivity contribution is 0.103. The van der Waals surface area contributed by atoms with Gasteiger partial charge in [-0.3, -0.25) is 14.6 Å². The second-order valence-electron chi connectivity index (χ2n) is 12.8. The number of benzene rings is 2. The molecule has 2 aliphatic heterocycles. The van der Waals surface area contributed by atoms with E-state index in [1.165, 1.54) is 138 Å². The first-order valence-corrected chi connectivity index (χ1v) is 16.0. The summed E-state index contributed by atoms with van der Waals surface area (Å²) < 4.78 is 0. The van der Waals surface area contributed by atoms with Crippen LogP contribution < -0.4 is 0 Å². The molecule has 0 amide bonds. The average molecular weight is 513 g/mol. The quantitative estimate of drug-likeness (QED) is 0.333. The molecule has 4 aliphatic rings. The van der Waals surface area contributed by atoms with Crippen LogP contribution in [-0.4, -0.2) is 41.8 Å². The molecule has 2 saturated carbocycles. The molecular weight excluding hydrogens is 464 g/mol. The van der Waals surface area contributed by atoms with Gasteiger partial charge in [-0.15, -0.1) is 0 Å². The summed E-state index contributed by atoms with van der Waals surface area (Å²) in [5.74, 6) is 1.36. The van der Waals surface area contributed by atoms with Crippen molar-refractivity contribution in [3.05, 3.63) is 69.8 Å². The normalized spacial score (nSPS) is 22.3. The molecule has 2 aromatic carbocycles. The first-order chi connectivity index (χ1) is 18.7.